The van der Waals surface area contributed by atoms with Gasteiger partial charge in [0.2, 0.25) is 0 Å². The number of aryl methyl sites for hydroxylation is 2. The van der Waals surface area contributed by atoms with E-state index in [1.807, 2.05) is 30.0 Å². The number of hydrogen-bond donors (Lipinski definition) is 1. The zero-order chi connectivity index (χ0) is 15.2. The third kappa shape index (κ3) is 5.06. The van der Waals surface area contributed by atoms with Gasteiger partial charge in [0, 0.05) is 21.7 Å². The van der Waals surface area contributed by atoms with E-state index in [1.54, 1.807) is 0 Å². The first-order valence-corrected chi connectivity index (χ1v) is 8.65. The number of nitrogens with one attached hydrogen (secondary N) is 1. The summed E-state index contributed by atoms with van der Waals surface area (Å²) in [5.74, 6) is 0.997. The molecule has 0 amide bonds. The normalized spacial score (nSPS) is 12.4. The molecule has 0 saturated heterocycles. The van der Waals surface area contributed by atoms with Crippen LogP contribution in [0.4, 0.5) is 0 Å². The van der Waals surface area contributed by atoms with Crippen LogP contribution in [0.1, 0.15) is 29.7 Å². The Balaban J connectivity index is 2.11. The molecule has 0 aromatic heterocycles. The Morgan fingerprint density at radius 2 is 1.81 bits per heavy atom. The van der Waals surface area contributed by atoms with Crippen LogP contribution in [0.15, 0.2) is 47.4 Å². The van der Waals surface area contributed by atoms with Crippen molar-refractivity contribution in [2.75, 3.05) is 12.3 Å². The molecule has 0 aliphatic rings. The lowest BCUT2D eigenvalue weighted by Gasteiger charge is -2.19. The second kappa shape index (κ2) is 7.88. The molecule has 0 saturated carbocycles. The van der Waals surface area contributed by atoms with Gasteiger partial charge in [0.15, 0.2) is 0 Å². The van der Waals surface area contributed by atoms with Crippen molar-refractivity contribution in [1.29, 1.82) is 0 Å². The van der Waals surface area contributed by atoms with Gasteiger partial charge in [0.1, 0.15) is 0 Å². The van der Waals surface area contributed by atoms with Gasteiger partial charge in [-0.15, -0.1) is 11.8 Å². The van der Waals surface area contributed by atoms with Gasteiger partial charge in [-0.1, -0.05) is 53.9 Å². The lowest BCUT2D eigenvalue weighted by atomic mass is 10.0. The minimum atomic E-state index is 0.359. The van der Waals surface area contributed by atoms with Crippen molar-refractivity contribution in [3.63, 3.8) is 0 Å². The van der Waals surface area contributed by atoms with Gasteiger partial charge >= 0.3 is 0 Å². The zero-order valence-corrected chi connectivity index (χ0v) is 14.4. The number of rotatable bonds is 6. The number of halogens is 1. The van der Waals surface area contributed by atoms with Gasteiger partial charge < -0.3 is 5.32 Å². The van der Waals surface area contributed by atoms with Crippen LogP contribution < -0.4 is 5.32 Å². The molecule has 1 nitrogen and oxygen atoms in total. The van der Waals surface area contributed by atoms with Crippen LogP contribution in [-0.2, 0) is 0 Å². The minimum absolute atomic E-state index is 0.359. The smallest absolute Gasteiger partial charge is 0.0417 e. The molecule has 0 aliphatic heterocycles. The van der Waals surface area contributed by atoms with Crippen molar-refractivity contribution >= 4 is 23.4 Å². The minimum Gasteiger partial charge on any atom is -0.309 e. The van der Waals surface area contributed by atoms with Gasteiger partial charge in [0.05, 0.1) is 0 Å². The van der Waals surface area contributed by atoms with Crippen LogP contribution in [0.25, 0.3) is 0 Å². The summed E-state index contributed by atoms with van der Waals surface area (Å²) >= 11 is 7.89. The van der Waals surface area contributed by atoms with E-state index in [0.717, 1.165) is 17.3 Å². The largest absolute Gasteiger partial charge is 0.309 e. The average molecular weight is 320 g/mol. The third-order valence-corrected chi connectivity index (χ3v) is 4.63. The highest BCUT2D eigenvalue weighted by atomic mass is 35.5. The molecule has 2 rings (SSSR count). The van der Waals surface area contributed by atoms with E-state index in [9.17, 15) is 0 Å². The molecule has 0 aliphatic carbocycles. The zero-order valence-electron chi connectivity index (χ0n) is 12.8. The molecular formula is C18H22ClNS. The Kier molecular flexibility index (Phi) is 6.16. The number of thioether (sulfide) groups is 1. The first kappa shape index (κ1) is 16.4. The fourth-order valence-electron chi connectivity index (χ4n) is 2.47. The van der Waals surface area contributed by atoms with Crippen molar-refractivity contribution in [3.8, 4) is 0 Å². The second-order valence-electron chi connectivity index (χ2n) is 5.30. The molecule has 2 aromatic rings. The molecule has 21 heavy (non-hydrogen) atoms. The summed E-state index contributed by atoms with van der Waals surface area (Å²) in [6.07, 6.45) is 0. The molecule has 0 fully saturated rings. The molecule has 0 bridgehead atoms. The summed E-state index contributed by atoms with van der Waals surface area (Å²) in [5.41, 5.74) is 4.00. The van der Waals surface area contributed by atoms with E-state index in [1.165, 1.54) is 21.6 Å². The average Bonchev–Trinajstić information content (AvgIpc) is 2.42. The van der Waals surface area contributed by atoms with Gasteiger partial charge in [0.25, 0.3) is 0 Å². The molecule has 0 radical (unpaired) electrons. The lowest BCUT2D eigenvalue weighted by Crippen LogP contribution is -2.23. The first-order chi connectivity index (χ1) is 10.1. The monoisotopic (exact) mass is 319 g/mol. The number of hydrogen-bond acceptors (Lipinski definition) is 2. The van der Waals surface area contributed by atoms with Crippen LogP contribution >= 0.6 is 23.4 Å². The van der Waals surface area contributed by atoms with Crippen LogP contribution in [0.3, 0.4) is 0 Å². The van der Waals surface area contributed by atoms with Crippen LogP contribution in [0, 0.1) is 13.8 Å². The SMILES string of the molecule is CCNC(CSc1cccc(Cl)c1)c1cc(C)cc(C)c1. The quantitative estimate of drug-likeness (QED) is 0.715. The Morgan fingerprint density at radius 3 is 2.43 bits per heavy atom. The molecule has 3 heteroatoms. The van der Waals surface area contributed by atoms with Gasteiger partial charge in [-0.2, -0.15) is 0 Å². The Bertz CT molecular complexity index is 577. The highest BCUT2D eigenvalue weighted by molar-refractivity contribution is 7.99. The Hall–Kier alpha value is -0.960. The topological polar surface area (TPSA) is 12.0 Å². The van der Waals surface area contributed by atoms with Crippen molar-refractivity contribution in [1.82, 2.24) is 5.32 Å². The van der Waals surface area contributed by atoms with E-state index in [0.29, 0.717) is 6.04 Å². The van der Waals surface area contributed by atoms with Crippen LogP contribution in [0.5, 0.6) is 0 Å². The predicted molar refractivity (Wildman–Crippen MR) is 94.5 cm³/mol. The molecule has 2 aromatic carbocycles. The van der Waals surface area contributed by atoms with Crippen molar-refractivity contribution < 1.29 is 0 Å². The van der Waals surface area contributed by atoms with E-state index in [4.69, 9.17) is 11.6 Å². The van der Waals surface area contributed by atoms with E-state index in [2.05, 4.69) is 50.4 Å². The number of benzene rings is 2. The molecule has 0 spiro atoms. The maximum atomic E-state index is 6.05. The standard InChI is InChI=1S/C18H22ClNS/c1-4-20-18(15-9-13(2)8-14(3)10-15)12-21-17-7-5-6-16(19)11-17/h5-11,18,20H,4,12H2,1-3H3. The summed E-state index contributed by atoms with van der Waals surface area (Å²) in [4.78, 5) is 1.22. The summed E-state index contributed by atoms with van der Waals surface area (Å²) in [6.45, 7) is 7.43. The molecule has 1 unspecified atom stereocenters. The predicted octanol–water partition coefficient (Wildman–Crippen LogP) is 5.40. The molecule has 112 valence electrons. The van der Waals surface area contributed by atoms with Gasteiger partial charge in [-0.05, 0) is 44.2 Å². The van der Waals surface area contributed by atoms with E-state index in [-0.39, 0.29) is 0 Å². The van der Waals surface area contributed by atoms with Gasteiger partial charge in [-0.3, -0.25) is 0 Å². The van der Waals surface area contributed by atoms with Crippen molar-refractivity contribution in [2.24, 2.45) is 0 Å². The fourth-order valence-corrected chi connectivity index (χ4v) is 3.78. The molecule has 1 atom stereocenters. The summed E-state index contributed by atoms with van der Waals surface area (Å²) in [7, 11) is 0. The van der Waals surface area contributed by atoms with Crippen LogP contribution in [-0.4, -0.2) is 12.3 Å². The van der Waals surface area contributed by atoms with Crippen molar-refractivity contribution in [3.05, 3.63) is 64.2 Å². The highest BCUT2D eigenvalue weighted by Crippen LogP contribution is 2.27. The molecule has 0 heterocycles. The first-order valence-electron chi connectivity index (χ1n) is 7.28. The summed E-state index contributed by atoms with van der Waals surface area (Å²) in [6, 6.07) is 15.2. The van der Waals surface area contributed by atoms with Gasteiger partial charge in [-0.25, -0.2) is 0 Å². The van der Waals surface area contributed by atoms with Crippen molar-refractivity contribution in [2.45, 2.75) is 31.7 Å². The Morgan fingerprint density at radius 1 is 1.10 bits per heavy atom. The maximum absolute atomic E-state index is 6.05. The lowest BCUT2D eigenvalue weighted by molar-refractivity contribution is 0.605. The Labute approximate surface area is 137 Å². The molecule has 1 N–H and O–H groups in total. The summed E-state index contributed by atoms with van der Waals surface area (Å²) in [5, 5.41) is 4.38. The fraction of sp³-hybridized carbons (Fsp3) is 0.333. The highest BCUT2D eigenvalue weighted by Gasteiger charge is 2.12. The maximum Gasteiger partial charge on any atom is 0.0417 e. The second-order valence-corrected chi connectivity index (χ2v) is 6.83. The van der Waals surface area contributed by atoms with Crippen LogP contribution in [0.2, 0.25) is 5.02 Å². The third-order valence-electron chi connectivity index (χ3n) is 3.31. The van der Waals surface area contributed by atoms with E-state index >= 15 is 0 Å². The molecular weight excluding hydrogens is 298 g/mol. The van der Waals surface area contributed by atoms with E-state index < -0.39 is 0 Å². The summed E-state index contributed by atoms with van der Waals surface area (Å²) < 4.78 is 0.